The number of likely N-dealkylation sites (N-methyl/N-ethyl adjacent to an activating group) is 1. The highest BCUT2D eigenvalue weighted by Crippen LogP contribution is 2.12. The molecule has 0 N–H and O–H groups in total. The molecular formula is C11H23N2. The summed E-state index contributed by atoms with van der Waals surface area (Å²) in [6.45, 7) is 13.5. The van der Waals surface area contributed by atoms with Crippen LogP contribution in [-0.4, -0.2) is 49.1 Å². The van der Waals surface area contributed by atoms with Crippen molar-refractivity contribution in [3.8, 4) is 0 Å². The summed E-state index contributed by atoms with van der Waals surface area (Å²) in [5.41, 5.74) is 0. The molecule has 13 heavy (non-hydrogen) atoms. The fourth-order valence-corrected chi connectivity index (χ4v) is 1.99. The largest absolute Gasteiger partial charge is 0.304 e. The molecule has 1 radical (unpaired) electrons. The average molecular weight is 183 g/mol. The molecule has 0 aromatic carbocycles. The van der Waals surface area contributed by atoms with Gasteiger partial charge < -0.3 is 4.90 Å². The normalized spacial score (nSPS) is 23.8. The van der Waals surface area contributed by atoms with Gasteiger partial charge in [-0.15, -0.1) is 0 Å². The van der Waals surface area contributed by atoms with Crippen molar-refractivity contribution < 1.29 is 0 Å². The lowest BCUT2D eigenvalue weighted by molar-refractivity contribution is 0.110. The maximum Gasteiger partial charge on any atom is 0.0113 e. The van der Waals surface area contributed by atoms with Crippen molar-refractivity contribution in [1.82, 2.24) is 9.80 Å². The minimum Gasteiger partial charge on any atom is -0.304 e. The molecule has 77 valence electrons. The van der Waals surface area contributed by atoms with E-state index in [1.54, 1.807) is 0 Å². The zero-order valence-electron chi connectivity index (χ0n) is 9.29. The molecular weight excluding hydrogens is 160 g/mol. The Bertz CT molecular complexity index is 137. The molecule has 2 atom stereocenters. The number of hydrogen-bond donors (Lipinski definition) is 0. The van der Waals surface area contributed by atoms with Crippen LogP contribution in [0, 0.1) is 12.8 Å². The fourth-order valence-electron chi connectivity index (χ4n) is 1.99. The molecule has 0 aliphatic carbocycles. The first kappa shape index (κ1) is 11.0. The van der Waals surface area contributed by atoms with Gasteiger partial charge in [0, 0.05) is 32.2 Å². The molecule has 0 aromatic heterocycles. The van der Waals surface area contributed by atoms with Crippen LogP contribution in [0.1, 0.15) is 20.3 Å². The van der Waals surface area contributed by atoms with Gasteiger partial charge in [0.05, 0.1) is 0 Å². The minimum atomic E-state index is 0.578. The van der Waals surface area contributed by atoms with Gasteiger partial charge in [0.15, 0.2) is 0 Å². The van der Waals surface area contributed by atoms with Crippen LogP contribution in [0.3, 0.4) is 0 Å². The van der Waals surface area contributed by atoms with Crippen LogP contribution in [0.15, 0.2) is 0 Å². The number of piperazine rings is 1. The molecule has 0 bridgehead atoms. The molecule has 1 aliphatic rings. The van der Waals surface area contributed by atoms with Crippen LogP contribution < -0.4 is 0 Å². The number of nitrogens with zero attached hydrogens (tertiary/aromatic N) is 2. The van der Waals surface area contributed by atoms with Crippen molar-refractivity contribution in [2.45, 2.75) is 26.3 Å². The van der Waals surface area contributed by atoms with E-state index < -0.39 is 0 Å². The highest BCUT2D eigenvalue weighted by Gasteiger charge is 2.19. The van der Waals surface area contributed by atoms with Crippen LogP contribution in [0.5, 0.6) is 0 Å². The zero-order chi connectivity index (χ0) is 9.84. The Kier molecular flexibility index (Phi) is 4.20. The van der Waals surface area contributed by atoms with Gasteiger partial charge >= 0.3 is 0 Å². The van der Waals surface area contributed by atoms with E-state index in [0.717, 1.165) is 0 Å². The quantitative estimate of drug-likeness (QED) is 0.654. The second-order valence-electron chi connectivity index (χ2n) is 4.53. The Morgan fingerprint density at radius 2 is 1.69 bits per heavy atom. The molecule has 1 heterocycles. The van der Waals surface area contributed by atoms with Gasteiger partial charge in [0.1, 0.15) is 0 Å². The molecule has 0 saturated carbocycles. The van der Waals surface area contributed by atoms with Crippen LogP contribution in [0.2, 0.25) is 0 Å². The lowest BCUT2D eigenvalue weighted by Crippen LogP contribution is -2.48. The Hall–Kier alpha value is -0.0800. The smallest absolute Gasteiger partial charge is 0.0113 e. The Balaban J connectivity index is 2.27. The lowest BCUT2D eigenvalue weighted by Gasteiger charge is -2.37. The third-order valence-corrected chi connectivity index (χ3v) is 2.90. The van der Waals surface area contributed by atoms with Crippen LogP contribution >= 0.6 is 0 Å². The SMILES string of the molecule is [CH2]C(C)CC(C)N1CCN(C)CC1. The van der Waals surface area contributed by atoms with Crippen molar-refractivity contribution in [2.24, 2.45) is 5.92 Å². The van der Waals surface area contributed by atoms with Crippen molar-refractivity contribution in [3.05, 3.63) is 6.92 Å². The summed E-state index contributed by atoms with van der Waals surface area (Å²) in [7, 11) is 2.20. The Morgan fingerprint density at radius 1 is 1.15 bits per heavy atom. The third kappa shape index (κ3) is 3.65. The zero-order valence-corrected chi connectivity index (χ0v) is 9.29. The lowest BCUT2D eigenvalue weighted by atomic mass is 10.0. The summed E-state index contributed by atoms with van der Waals surface area (Å²) in [4.78, 5) is 4.98. The van der Waals surface area contributed by atoms with Crippen molar-refractivity contribution in [2.75, 3.05) is 33.2 Å². The first-order valence-electron chi connectivity index (χ1n) is 5.35. The van der Waals surface area contributed by atoms with Crippen LogP contribution in [0.4, 0.5) is 0 Å². The van der Waals surface area contributed by atoms with E-state index in [2.05, 4.69) is 37.6 Å². The Morgan fingerprint density at radius 3 is 2.15 bits per heavy atom. The molecule has 1 rings (SSSR count). The first-order valence-corrected chi connectivity index (χ1v) is 5.35. The second-order valence-corrected chi connectivity index (χ2v) is 4.53. The molecule has 1 fully saturated rings. The van der Waals surface area contributed by atoms with Gasteiger partial charge in [-0.1, -0.05) is 13.8 Å². The molecule has 0 amide bonds. The van der Waals surface area contributed by atoms with Gasteiger partial charge in [0.25, 0.3) is 0 Å². The van der Waals surface area contributed by atoms with E-state index in [9.17, 15) is 0 Å². The number of hydrogen-bond acceptors (Lipinski definition) is 2. The molecule has 0 spiro atoms. The summed E-state index contributed by atoms with van der Waals surface area (Å²) in [5, 5.41) is 0. The molecule has 0 aromatic rings. The summed E-state index contributed by atoms with van der Waals surface area (Å²) in [6.07, 6.45) is 1.23. The second kappa shape index (κ2) is 4.97. The summed E-state index contributed by atoms with van der Waals surface area (Å²) >= 11 is 0. The molecule has 2 heteroatoms. The van der Waals surface area contributed by atoms with E-state index in [1.165, 1.54) is 32.6 Å². The predicted octanol–water partition coefficient (Wildman–Crippen LogP) is 1.48. The maximum absolute atomic E-state index is 4.05. The van der Waals surface area contributed by atoms with Gasteiger partial charge in [-0.3, -0.25) is 4.90 Å². The molecule has 1 aliphatic heterocycles. The van der Waals surface area contributed by atoms with E-state index in [4.69, 9.17) is 0 Å². The van der Waals surface area contributed by atoms with Gasteiger partial charge in [-0.05, 0) is 26.3 Å². The first-order chi connectivity index (χ1) is 6.09. The summed E-state index contributed by atoms with van der Waals surface area (Å²) in [5.74, 6) is 0.578. The van der Waals surface area contributed by atoms with Crippen LogP contribution in [0.25, 0.3) is 0 Å². The molecule has 2 unspecified atom stereocenters. The Labute approximate surface area is 82.9 Å². The van der Waals surface area contributed by atoms with Crippen LogP contribution in [-0.2, 0) is 0 Å². The molecule has 2 nitrogen and oxygen atoms in total. The van der Waals surface area contributed by atoms with Gasteiger partial charge in [0.2, 0.25) is 0 Å². The van der Waals surface area contributed by atoms with Gasteiger partial charge in [-0.2, -0.15) is 0 Å². The predicted molar refractivity (Wildman–Crippen MR) is 57.7 cm³/mol. The van der Waals surface area contributed by atoms with E-state index >= 15 is 0 Å². The minimum absolute atomic E-state index is 0.578. The average Bonchev–Trinajstić information content (AvgIpc) is 2.04. The van der Waals surface area contributed by atoms with Gasteiger partial charge in [-0.25, -0.2) is 0 Å². The third-order valence-electron chi connectivity index (χ3n) is 2.90. The van der Waals surface area contributed by atoms with Crippen molar-refractivity contribution in [3.63, 3.8) is 0 Å². The monoisotopic (exact) mass is 183 g/mol. The van der Waals surface area contributed by atoms with E-state index in [0.29, 0.717) is 12.0 Å². The summed E-state index contributed by atoms with van der Waals surface area (Å²) in [6, 6.07) is 0.709. The fraction of sp³-hybridized carbons (Fsp3) is 0.909. The highest BCUT2D eigenvalue weighted by atomic mass is 15.3. The molecule has 1 saturated heterocycles. The van der Waals surface area contributed by atoms with Crippen molar-refractivity contribution in [1.29, 1.82) is 0 Å². The summed E-state index contributed by atoms with van der Waals surface area (Å²) < 4.78 is 0. The maximum atomic E-state index is 4.05. The standard InChI is InChI=1S/C11H23N2/c1-10(2)9-11(3)13-7-5-12(4)6-8-13/h10-11H,1,5-9H2,2-4H3. The topological polar surface area (TPSA) is 6.48 Å². The number of rotatable bonds is 3. The van der Waals surface area contributed by atoms with E-state index in [1.807, 2.05) is 0 Å². The highest BCUT2D eigenvalue weighted by molar-refractivity contribution is 4.76. The van der Waals surface area contributed by atoms with E-state index in [-0.39, 0.29) is 0 Å². The van der Waals surface area contributed by atoms with Crippen molar-refractivity contribution >= 4 is 0 Å².